The molecule has 1 aliphatic carbocycles. The Hall–Kier alpha value is -1.40. The van der Waals surface area contributed by atoms with Crippen molar-refractivity contribution < 1.29 is 4.74 Å². The second-order valence-corrected chi connectivity index (χ2v) is 6.11. The Morgan fingerprint density at radius 1 is 1.19 bits per heavy atom. The summed E-state index contributed by atoms with van der Waals surface area (Å²) in [5, 5.41) is 0. The van der Waals surface area contributed by atoms with E-state index >= 15 is 0 Å². The minimum Gasteiger partial charge on any atom is -0.375 e. The average Bonchev–Trinajstić information content (AvgIpc) is 2.51. The second kappa shape index (κ2) is 5.77. The van der Waals surface area contributed by atoms with Crippen molar-refractivity contribution in [3.05, 3.63) is 32.6 Å². The van der Waals surface area contributed by atoms with Crippen molar-refractivity contribution in [2.45, 2.75) is 44.4 Å². The molecule has 3 rings (SSSR count). The molecule has 116 valence electrons. The predicted octanol–water partition coefficient (Wildman–Crippen LogP) is 0.227. The molecule has 1 aromatic heterocycles. The van der Waals surface area contributed by atoms with E-state index < -0.39 is 0 Å². The van der Waals surface area contributed by atoms with Crippen LogP contribution in [0.5, 0.6) is 0 Å². The number of morpholine rings is 1. The van der Waals surface area contributed by atoms with Crippen LogP contribution in [0, 0.1) is 0 Å². The van der Waals surface area contributed by atoms with E-state index in [0.717, 1.165) is 36.3 Å². The molecule has 1 aromatic rings. The van der Waals surface area contributed by atoms with Crippen molar-refractivity contribution in [1.82, 2.24) is 14.0 Å². The number of hydrogen-bond acceptors (Lipinski definition) is 4. The monoisotopic (exact) mass is 293 g/mol. The molecule has 0 radical (unpaired) electrons. The largest absolute Gasteiger partial charge is 0.375 e. The molecule has 2 aliphatic rings. The maximum Gasteiger partial charge on any atom is 0.330 e. The third kappa shape index (κ3) is 2.70. The molecule has 1 aliphatic heterocycles. The van der Waals surface area contributed by atoms with Crippen LogP contribution in [0.4, 0.5) is 0 Å². The van der Waals surface area contributed by atoms with Gasteiger partial charge in [-0.05, 0) is 12.8 Å². The summed E-state index contributed by atoms with van der Waals surface area (Å²) in [7, 11) is 3.25. The zero-order valence-corrected chi connectivity index (χ0v) is 12.7. The van der Waals surface area contributed by atoms with Gasteiger partial charge in [0.2, 0.25) is 0 Å². The van der Waals surface area contributed by atoms with Gasteiger partial charge in [0.25, 0.3) is 5.56 Å². The first-order valence-corrected chi connectivity index (χ1v) is 7.69. The van der Waals surface area contributed by atoms with E-state index in [1.54, 1.807) is 17.7 Å². The standard InChI is InChI=1S/C15H23N3O3/c1-16-11(9-14(19)17(2)15(16)20)10-18-7-8-21-13-6-4-3-5-12(13)18/h9,12-13H,3-8,10H2,1-2H3/t12-,13-/m1/s1. The molecule has 2 heterocycles. The van der Waals surface area contributed by atoms with Gasteiger partial charge < -0.3 is 4.74 Å². The third-order valence-electron chi connectivity index (χ3n) is 4.84. The van der Waals surface area contributed by atoms with Gasteiger partial charge in [-0.25, -0.2) is 4.79 Å². The maximum atomic E-state index is 12.0. The Balaban J connectivity index is 1.86. The molecule has 2 atom stereocenters. The van der Waals surface area contributed by atoms with Crippen LogP contribution < -0.4 is 11.2 Å². The molecule has 2 fully saturated rings. The maximum absolute atomic E-state index is 12.0. The van der Waals surface area contributed by atoms with Gasteiger partial charge in [-0.2, -0.15) is 0 Å². The molecule has 6 nitrogen and oxygen atoms in total. The minimum absolute atomic E-state index is 0.235. The van der Waals surface area contributed by atoms with E-state index in [-0.39, 0.29) is 11.2 Å². The van der Waals surface area contributed by atoms with Crippen molar-refractivity contribution in [3.8, 4) is 0 Å². The Morgan fingerprint density at radius 3 is 2.76 bits per heavy atom. The van der Waals surface area contributed by atoms with Crippen LogP contribution in [0.3, 0.4) is 0 Å². The number of hydrogen-bond donors (Lipinski definition) is 0. The summed E-state index contributed by atoms with van der Waals surface area (Å²) in [5.74, 6) is 0. The highest BCUT2D eigenvalue weighted by molar-refractivity contribution is 5.03. The predicted molar refractivity (Wildman–Crippen MR) is 79.3 cm³/mol. The van der Waals surface area contributed by atoms with Gasteiger partial charge in [-0.3, -0.25) is 18.8 Å². The average molecular weight is 293 g/mol. The minimum atomic E-state index is -0.258. The van der Waals surface area contributed by atoms with Crippen LogP contribution in [0.1, 0.15) is 31.4 Å². The lowest BCUT2D eigenvalue weighted by Gasteiger charge is -2.43. The van der Waals surface area contributed by atoms with Gasteiger partial charge >= 0.3 is 5.69 Å². The van der Waals surface area contributed by atoms with Crippen molar-refractivity contribution in [2.24, 2.45) is 14.1 Å². The van der Waals surface area contributed by atoms with Crippen LogP contribution in [0.15, 0.2) is 15.7 Å². The van der Waals surface area contributed by atoms with Crippen molar-refractivity contribution in [2.75, 3.05) is 13.2 Å². The number of nitrogens with zero attached hydrogens (tertiary/aromatic N) is 3. The summed E-state index contributed by atoms with van der Waals surface area (Å²) < 4.78 is 8.59. The molecular formula is C15H23N3O3. The zero-order valence-electron chi connectivity index (χ0n) is 12.7. The van der Waals surface area contributed by atoms with Gasteiger partial charge in [0.1, 0.15) is 0 Å². The molecule has 0 N–H and O–H groups in total. The van der Waals surface area contributed by atoms with Crippen LogP contribution in [0.25, 0.3) is 0 Å². The van der Waals surface area contributed by atoms with Gasteiger partial charge in [0.15, 0.2) is 0 Å². The van der Waals surface area contributed by atoms with E-state index in [1.807, 2.05) is 0 Å². The summed E-state index contributed by atoms with van der Waals surface area (Å²) in [6.07, 6.45) is 5.05. The Labute approximate surface area is 123 Å². The molecule has 21 heavy (non-hydrogen) atoms. The normalized spacial score (nSPS) is 26.6. The van der Waals surface area contributed by atoms with Crippen LogP contribution in [-0.4, -0.2) is 39.3 Å². The first kappa shape index (κ1) is 14.5. The molecule has 0 amide bonds. The Bertz CT molecular complexity index is 632. The van der Waals surface area contributed by atoms with Gasteiger partial charge in [-0.1, -0.05) is 12.8 Å². The Kier molecular flexibility index (Phi) is 3.99. The number of rotatable bonds is 2. The summed E-state index contributed by atoms with van der Waals surface area (Å²) in [6.45, 7) is 2.25. The van der Waals surface area contributed by atoms with Gasteiger partial charge in [-0.15, -0.1) is 0 Å². The lowest BCUT2D eigenvalue weighted by molar-refractivity contribution is -0.0917. The highest BCUT2D eigenvalue weighted by Gasteiger charge is 2.34. The van der Waals surface area contributed by atoms with Crippen LogP contribution in [0.2, 0.25) is 0 Å². The van der Waals surface area contributed by atoms with E-state index in [4.69, 9.17) is 4.74 Å². The van der Waals surface area contributed by atoms with Crippen molar-refractivity contribution >= 4 is 0 Å². The van der Waals surface area contributed by atoms with Gasteiger partial charge in [0.05, 0.1) is 12.7 Å². The van der Waals surface area contributed by atoms with Crippen LogP contribution in [-0.2, 0) is 25.4 Å². The summed E-state index contributed by atoms with van der Waals surface area (Å²) in [6, 6.07) is 2.00. The van der Waals surface area contributed by atoms with Crippen LogP contribution >= 0.6 is 0 Å². The fourth-order valence-electron chi connectivity index (χ4n) is 3.51. The Morgan fingerprint density at radius 2 is 1.95 bits per heavy atom. The second-order valence-electron chi connectivity index (χ2n) is 6.11. The van der Waals surface area contributed by atoms with E-state index in [9.17, 15) is 9.59 Å². The van der Waals surface area contributed by atoms with E-state index in [1.165, 1.54) is 19.9 Å². The molecule has 0 aromatic carbocycles. The first-order chi connectivity index (χ1) is 10.1. The first-order valence-electron chi connectivity index (χ1n) is 7.69. The molecule has 6 heteroatoms. The summed E-state index contributed by atoms with van der Waals surface area (Å²) in [5.41, 5.74) is 0.293. The van der Waals surface area contributed by atoms with Gasteiger partial charge in [0, 0.05) is 45.0 Å². The molecule has 0 spiro atoms. The molecule has 1 saturated carbocycles. The SMILES string of the molecule is Cn1c(CN2CCO[C@@H]3CCCC[C@H]32)cc(=O)n(C)c1=O. The zero-order chi connectivity index (χ0) is 15.0. The molecule has 0 unspecified atom stereocenters. The number of fused-ring (bicyclic) bond motifs is 1. The molecular weight excluding hydrogens is 270 g/mol. The number of ether oxygens (including phenoxy) is 1. The van der Waals surface area contributed by atoms with Crippen molar-refractivity contribution in [1.29, 1.82) is 0 Å². The number of aromatic nitrogens is 2. The highest BCUT2D eigenvalue weighted by Crippen LogP contribution is 2.29. The highest BCUT2D eigenvalue weighted by atomic mass is 16.5. The topological polar surface area (TPSA) is 56.5 Å². The quantitative estimate of drug-likeness (QED) is 0.783. The fraction of sp³-hybridized carbons (Fsp3) is 0.733. The summed E-state index contributed by atoms with van der Waals surface area (Å²) >= 11 is 0. The molecule has 1 saturated heterocycles. The summed E-state index contributed by atoms with van der Waals surface area (Å²) in [4.78, 5) is 26.2. The van der Waals surface area contributed by atoms with Crippen molar-refractivity contribution in [3.63, 3.8) is 0 Å². The third-order valence-corrected chi connectivity index (χ3v) is 4.84. The lowest BCUT2D eigenvalue weighted by Crippen LogP contribution is -2.52. The molecule has 0 bridgehead atoms. The lowest BCUT2D eigenvalue weighted by atomic mass is 9.90. The van der Waals surface area contributed by atoms with E-state index in [2.05, 4.69) is 4.90 Å². The van der Waals surface area contributed by atoms with E-state index in [0.29, 0.717) is 18.7 Å². The fourth-order valence-corrected chi connectivity index (χ4v) is 3.51. The smallest absolute Gasteiger partial charge is 0.330 e.